The van der Waals surface area contributed by atoms with Gasteiger partial charge >= 0.3 is 0 Å². The lowest BCUT2D eigenvalue weighted by Gasteiger charge is -2.34. The van der Waals surface area contributed by atoms with E-state index < -0.39 is 11.7 Å². The zero-order valence-corrected chi connectivity index (χ0v) is 33.2. The molecule has 4 aromatic rings. The number of aromatic nitrogens is 2. The molecule has 2 N–H and O–H groups in total. The van der Waals surface area contributed by atoms with Crippen molar-refractivity contribution in [1.29, 1.82) is 0 Å². The summed E-state index contributed by atoms with van der Waals surface area (Å²) < 4.78 is 33.1. The minimum atomic E-state index is -0.513. The van der Waals surface area contributed by atoms with Crippen LogP contribution in [0.3, 0.4) is 0 Å². The molecule has 56 heavy (non-hydrogen) atoms. The molecule has 0 radical (unpaired) electrons. The fourth-order valence-corrected chi connectivity index (χ4v) is 7.30. The van der Waals surface area contributed by atoms with Gasteiger partial charge in [-0.05, 0) is 101 Å². The number of para-hydroxylation sites is 1. The van der Waals surface area contributed by atoms with Gasteiger partial charge in [-0.15, -0.1) is 0 Å². The van der Waals surface area contributed by atoms with Crippen molar-refractivity contribution in [3.63, 3.8) is 0 Å². The molecule has 12 nitrogen and oxygen atoms in total. The zero-order valence-electron chi connectivity index (χ0n) is 33.2. The van der Waals surface area contributed by atoms with E-state index in [2.05, 4.69) is 44.4 Å². The average Bonchev–Trinajstić information content (AvgIpc) is 3.19. The number of anilines is 3. The summed E-state index contributed by atoms with van der Waals surface area (Å²) in [5.41, 5.74) is 3.86. The first-order valence-electron chi connectivity index (χ1n) is 19.6. The number of nitrogens with one attached hydrogen (secondary N) is 2. The summed E-state index contributed by atoms with van der Waals surface area (Å²) >= 11 is 0. The Hall–Kier alpha value is -5.27. The van der Waals surface area contributed by atoms with Crippen LogP contribution in [-0.4, -0.2) is 103 Å². The van der Waals surface area contributed by atoms with Gasteiger partial charge in [-0.3, -0.25) is 14.5 Å². The maximum atomic E-state index is 15.2. The highest BCUT2D eigenvalue weighted by molar-refractivity contribution is 6.06. The molecule has 2 fully saturated rings. The smallest absolute Gasteiger partial charge is 0.262 e. The summed E-state index contributed by atoms with van der Waals surface area (Å²) in [6, 6.07) is 15.8. The third-order valence-electron chi connectivity index (χ3n) is 10.4. The van der Waals surface area contributed by atoms with Gasteiger partial charge < -0.3 is 34.6 Å². The lowest BCUT2D eigenvalue weighted by Crippen LogP contribution is -2.48. The Morgan fingerprint density at radius 3 is 2.45 bits per heavy atom. The summed E-state index contributed by atoms with van der Waals surface area (Å²) in [5.74, 6) is 0.467. The molecule has 1 atom stereocenters. The molecular weight excluding hydrogens is 714 g/mol. The largest absolute Gasteiger partial charge is 0.493 e. The molecule has 1 aromatic heterocycles. The third-order valence-corrected chi connectivity index (χ3v) is 10.4. The Morgan fingerprint density at radius 1 is 0.964 bits per heavy atom. The molecule has 3 aromatic carbocycles. The number of hydrogen-bond donors (Lipinski definition) is 2. The number of likely N-dealkylation sites (tertiary alicyclic amines) is 1. The van der Waals surface area contributed by atoms with E-state index in [1.807, 2.05) is 49.1 Å². The van der Waals surface area contributed by atoms with Crippen LogP contribution in [0.25, 0.3) is 0 Å². The lowest BCUT2D eigenvalue weighted by molar-refractivity contribution is -0.132. The van der Waals surface area contributed by atoms with Gasteiger partial charge in [0.05, 0.1) is 13.7 Å². The van der Waals surface area contributed by atoms with Crippen LogP contribution in [0.2, 0.25) is 0 Å². The monoisotopic (exact) mass is 767 g/mol. The van der Waals surface area contributed by atoms with E-state index in [1.54, 1.807) is 18.2 Å². The van der Waals surface area contributed by atoms with Crippen molar-refractivity contribution in [3.05, 3.63) is 88.9 Å². The van der Waals surface area contributed by atoms with Crippen molar-refractivity contribution in [2.24, 2.45) is 5.92 Å². The number of methoxy groups -OCH3 is 1. The van der Waals surface area contributed by atoms with E-state index in [4.69, 9.17) is 14.2 Å². The molecule has 0 saturated carbocycles. The van der Waals surface area contributed by atoms with Crippen molar-refractivity contribution >= 4 is 29.1 Å². The van der Waals surface area contributed by atoms with E-state index in [0.717, 1.165) is 81.8 Å². The van der Waals surface area contributed by atoms with Crippen LogP contribution in [0.1, 0.15) is 59.7 Å². The third kappa shape index (κ3) is 10.5. The molecule has 1 unspecified atom stereocenters. The van der Waals surface area contributed by atoms with Crippen LogP contribution in [-0.2, 0) is 11.2 Å². The van der Waals surface area contributed by atoms with E-state index in [1.165, 1.54) is 19.4 Å². The van der Waals surface area contributed by atoms with Gasteiger partial charge in [0, 0.05) is 68.7 Å². The van der Waals surface area contributed by atoms with Crippen LogP contribution >= 0.6 is 0 Å². The summed E-state index contributed by atoms with van der Waals surface area (Å²) in [5, 5.41) is 6.03. The first kappa shape index (κ1) is 40.4. The maximum Gasteiger partial charge on any atom is 0.262 e. The predicted octanol–water partition coefficient (Wildman–Crippen LogP) is 7.24. The van der Waals surface area contributed by atoms with Gasteiger partial charge in [0.1, 0.15) is 5.56 Å². The first-order chi connectivity index (χ1) is 27.1. The van der Waals surface area contributed by atoms with E-state index >= 15 is 4.39 Å². The summed E-state index contributed by atoms with van der Waals surface area (Å²) in [6.45, 7) is 12.8. The molecule has 2 aliphatic heterocycles. The number of piperazine rings is 1. The van der Waals surface area contributed by atoms with Gasteiger partial charge in [0.25, 0.3) is 5.91 Å². The Kier molecular flexibility index (Phi) is 13.7. The fraction of sp³-hybridized carbons (Fsp3) is 0.442. The number of ether oxygens (including phenoxy) is 3. The lowest BCUT2D eigenvalue weighted by atomic mass is 10.00. The van der Waals surface area contributed by atoms with E-state index in [0.29, 0.717) is 48.2 Å². The van der Waals surface area contributed by atoms with Crippen molar-refractivity contribution in [2.45, 2.75) is 52.9 Å². The molecule has 0 aliphatic carbocycles. The Morgan fingerprint density at radius 2 is 1.73 bits per heavy atom. The van der Waals surface area contributed by atoms with Crippen LogP contribution < -0.4 is 24.8 Å². The summed E-state index contributed by atoms with van der Waals surface area (Å²) in [7, 11) is 3.62. The minimum Gasteiger partial charge on any atom is -0.493 e. The molecule has 2 saturated heterocycles. The molecule has 298 valence electrons. The molecule has 13 heteroatoms. The predicted molar refractivity (Wildman–Crippen MR) is 216 cm³/mol. The number of aryl methyl sites for hydroxylation is 3. The van der Waals surface area contributed by atoms with Crippen molar-refractivity contribution in [2.75, 3.05) is 77.2 Å². The highest BCUT2D eigenvalue weighted by Crippen LogP contribution is 2.35. The molecule has 3 heterocycles. The van der Waals surface area contributed by atoms with Gasteiger partial charge in [-0.25, -0.2) is 9.37 Å². The number of rotatable bonds is 15. The van der Waals surface area contributed by atoms with E-state index in [-0.39, 0.29) is 29.0 Å². The molecule has 0 spiro atoms. The van der Waals surface area contributed by atoms with E-state index in [9.17, 15) is 9.59 Å². The number of halogens is 1. The standard InChI is InChI=1S/C43H54FN7O5/c1-6-18-50-20-22-51(23-21-50)39(52)17-13-31-12-15-37(38(24-31)54-5)56-42-34(41(53)47-40-29(2)9-7-10-30(40)3)26-45-43(48-42)46-33-14-16-36(35(44)25-33)55-28-32-11-8-19-49(4)27-32/h7,9-10,12,14-16,24-26,32H,6,8,11,13,17-23,27-28H2,1-5H3,(H,47,53)(H,45,46,48). The summed E-state index contributed by atoms with van der Waals surface area (Å²) in [6.07, 6.45) is 5.56. The van der Waals surface area contributed by atoms with Crippen LogP contribution in [0.5, 0.6) is 23.1 Å². The average molecular weight is 768 g/mol. The van der Waals surface area contributed by atoms with Gasteiger partial charge in [-0.2, -0.15) is 4.98 Å². The minimum absolute atomic E-state index is 0.0347. The van der Waals surface area contributed by atoms with Crippen LogP contribution in [0.15, 0.2) is 60.8 Å². The summed E-state index contributed by atoms with van der Waals surface area (Å²) in [4.78, 5) is 42.4. The Balaban J connectivity index is 1.18. The van der Waals surface area contributed by atoms with Gasteiger partial charge in [0.15, 0.2) is 23.1 Å². The second kappa shape index (κ2) is 19.1. The Bertz CT molecular complexity index is 1970. The molecule has 0 bridgehead atoms. The number of benzene rings is 3. The van der Waals surface area contributed by atoms with Crippen molar-refractivity contribution in [1.82, 2.24) is 24.7 Å². The normalized spacial score (nSPS) is 16.3. The van der Waals surface area contributed by atoms with Crippen molar-refractivity contribution < 1.29 is 28.2 Å². The van der Waals surface area contributed by atoms with Gasteiger partial charge in [-0.1, -0.05) is 31.2 Å². The molecular formula is C43H54FN7O5. The number of carbonyl (C=O) groups excluding carboxylic acids is 2. The molecule has 6 rings (SSSR count). The van der Waals surface area contributed by atoms with Crippen molar-refractivity contribution in [3.8, 4) is 23.1 Å². The number of hydrogen-bond acceptors (Lipinski definition) is 10. The quantitative estimate of drug-likeness (QED) is 0.128. The second-order valence-corrected chi connectivity index (χ2v) is 14.8. The molecule has 2 amide bonds. The fourth-order valence-electron chi connectivity index (χ4n) is 7.30. The molecule has 2 aliphatic rings. The zero-order chi connectivity index (χ0) is 39.6. The Labute approximate surface area is 329 Å². The number of piperidine rings is 1. The second-order valence-electron chi connectivity index (χ2n) is 14.8. The highest BCUT2D eigenvalue weighted by atomic mass is 19.1. The maximum absolute atomic E-state index is 15.2. The topological polar surface area (TPSA) is 121 Å². The number of amides is 2. The highest BCUT2D eigenvalue weighted by Gasteiger charge is 2.23. The SMILES string of the molecule is CCCN1CCN(C(=O)CCc2ccc(Oc3nc(Nc4ccc(OCC5CCCN(C)C5)c(F)c4)ncc3C(=O)Nc3c(C)cccc3C)c(OC)c2)CC1. The van der Waals surface area contributed by atoms with Crippen LogP contribution in [0.4, 0.5) is 21.7 Å². The van der Waals surface area contributed by atoms with Gasteiger partial charge in [0.2, 0.25) is 17.7 Å². The number of carbonyl (C=O) groups is 2. The number of nitrogens with zero attached hydrogens (tertiary/aromatic N) is 5. The first-order valence-corrected chi connectivity index (χ1v) is 19.6. The van der Waals surface area contributed by atoms with Crippen LogP contribution in [0, 0.1) is 25.6 Å².